The van der Waals surface area contributed by atoms with E-state index in [0.29, 0.717) is 6.54 Å². The smallest absolute Gasteiger partial charge is 0.151 e. The molecule has 0 fully saturated rings. The fourth-order valence-electron chi connectivity index (χ4n) is 1.31. The number of aliphatic hydroxyl groups is 1. The van der Waals surface area contributed by atoms with Gasteiger partial charge in [-0.1, -0.05) is 12.1 Å². The van der Waals surface area contributed by atoms with E-state index in [1.165, 1.54) is 6.26 Å². The van der Waals surface area contributed by atoms with Crippen molar-refractivity contribution in [3.63, 3.8) is 0 Å². The van der Waals surface area contributed by atoms with E-state index in [0.717, 1.165) is 11.3 Å². The van der Waals surface area contributed by atoms with E-state index in [1.54, 1.807) is 24.3 Å². The number of hydrogen-bond donors (Lipinski definition) is 2. The van der Waals surface area contributed by atoms with Crippen LogP contribution in [0.4, 0.5) is 5.69 Å². The highest BCUT2D eigenvalue weighted by molar-refractivity contribution is 7.89. The van der Waals surface area contributed by atoms with Crippen LogP contribution in [0.3, 0.4) is 0 Å². The number of nitrogens with one attached hydrogen (secondary N) is 1. The van der Waals surface area contributed by atoms with E-state index >= 15 is 0 Å². The van der Waals surface area contributed by atoms with Gasteiger partial charge in [0.1, 0.15) is 0 Å². The Morgan fingerprint density at radius 1 is 1.35 bits per heavy atom. The zero-order valence-electron chi connectivity index (χ0n) is 9.56. The molecule has 0 radical (unpaired) electrons. The first-order valence-electron chi connectivity index (χ1n) is 5.15. The highest BCUT2D eigenvalue weighted by atomic mass is 35.5. The highest BCUT2D eigenvalue weighted by Crippen LogP contribution is 2.11. The third-order valence-electron chi connectivity index (χ3n) is 2.10. The third kappa shape index (κ3) is 5.91. The molecule has 1 unspecified atom stereocenters. The van der Waals surface area contributed by atoms with Crippen molar-refractivity contribution in [1.29, 1.82) is 0 Å². The maximum Gasteiger partial charge on any atom is 0.151 e. The van der Waals surface area contributed by atoms with Gasteiger partial charge in [-0.3, -0.25) is 0 Å². The number of sulfone groups is 1. The van der Waals surface area contributed by atoms with Gasteiger partial charge in [0.05, 0.1) is 17.7 Å². The summed E-state index contributed by atoms with van der Waals surface area (Å²) in [4.78, 5) is 0. The molecule has 0 aliphatic heterocycles. The van der Waals surface area contributed by atoms with Gasteiger partial charge in [-0.05, 0) is 17.7 Å². The van der Waals surface area contributed by atoms with Crippen LogP contribution in [0.25, 0.3) is 0 Å². The average molecular weight is 278 g/mol. The molecule has 96 valence electrons. The zero-order chi connectivity index (χ0) is 12.9. The third-order valence-corrected chi connectivity index (χ3v) is 3.32. The van der Waals surface area contributed by atoms with Gasteiger partial charge in [0.15, 0.2) is 9.84 Å². The van der Waals surface area contributed by atoms with Crippen molar-refractivity contribution in [2.75, 3.05) is 24.0 Å². The number of aliphatic hydroxyl groups excluding tert-OH is 1. The summed E-state index contributed by atoms with van der Waals surface area (Å²) in [5.74, 6) is 0.219. The van der Waals surface area contributed by atoms with Crippen LogP contribution in [-0.4, -0.2) is 38.3 Å². The predicted molar refractivity (Wildman–Crippen MR) is 70.2 cm³/mol. The minimum absolute atomic E-state index is 0.0393. The molecule has 17 heavy (non-hydrogen) atoms. The second-order valence-corrected chi connectivity index (χ2v) is 6.40. The summed E-state index contributed by atoms with van der Waals surface area (Å²) in [6.45, 7) is 0.370. The number of hydrogen-bond acceptors (Lipinski definition) is 4. The lowest BCUT2D eigenvalue weighted by molar-refractivity contribution is 0.211. The molecule has 1 atom stereocenters. The van der Waals surface area contributed by atoms with Crippen molar-refractivity contribution < 1.29 is 13.5 Å². The topological polar surface area (TPSA) is 66.4 Å². The van der Waals surface area contributed by atoms with Crippen molar-refractivity contribution in [2.45, 2.75) is 11.9 Å². The van der Waals surface area contributed by atoms with Crippen LogP contribution in [0.2, 0.25) is 0 Å². The standard InChI is InChI=1S/C11H16ClNO3S/c1-17(15,16)8-9-2-4-10(5-3-9)13-7-11(14)6-12/h2-5,11,13-14H,6-8H2,1H3. The Bertz CT molecular complexity index is 444. The Labute approximate surface area is 107 Å². The molecule has 0 spiro atoms. The number of benzene rings is 1. The molecule has 0 heterocycles. The Morgan fingerprint density at radius 3 is 2.41 bits per heavy atom. The Hall–Kier alpha value is -0.780. The van der Waals surface area contributed by atoms with Gasteiger partial charge in [0.25, 0.3) is 0 Å². The second-order valence-electron chi connectivity index (χ2n) is 3.96. The van der Waals surface area contributed by atoms with Crippen molar-refractivity contribution in [1.82, 2.24) is 0 Å². The summed E-state index contributed by atoms with van der Waals surface area (Å²) in [5.41, 5.74) is 1.57. The minimum atomic E-state index is -3.00. The SMILES string of the molecule is CS(=O)(=O)Cc1ccc(NCC(O)CCl)cc1. The molecule has 0 aliphatic rings. The second kappa shape index (κ2) is 6.23. The largest absolute Gasteiger partial charge is 0.390 e. The number of rotatable bonds is 6. The molecule has 1 rings (SSSR count). The highest BCUT2D eigenvalue weighted by Gasteiger charge is 2.05. The first-order chi connectivity index (χ1) is 7.90. The Balaban J connectivity index is 2.56. The molecule has 0 amide bonds. The lowest BCUT2D eigenvalue weighted by Gasteiger charge is -2.10. The van der Waals surface area contributed by atoms with Crippen molar-refractivity contribution in [2.24, 2.45) is 0 Å². The molecule has 0 saturated heterocycles. The molecule has 6 heteroatoms. The lowest BCUT2D eigenvalue weighted by atomic mass is 10.2. The maximum atomic E-state index is 11.1. The van der Waals surface area contributed by atoms with Gasteiger partial charge in [-0.15, -0.1) is 11.6 Å². The fourth-order valence-corrected chi connectivity index (χ4v) is 2.22. The van der Waals surface area contributed by atoms with Gasteiger partial charge < -0.3 is 10.4 Å². The summed E-state index contributed by atoms with van der Waals surface area (Å²) in [7, 11) is -3.00. The molecule has 2 N–H and O–H groups in total. The molecule has 0 bridgehead atoms. The number of anilines is 1. The van der Waals surface area contributed by atoms with Gasteiger partial charge >= 0.3 is 0 Å². The monoisotopic (exact) mass is 277 g/mol. The van der Waals surface area contributed by atoms with Crippen LogP contribution in [0, 0.1) is 0 Å². The lowest BCUT2D eigenvalue weighted by Crippen LogP contribution is -2.20. The van der Waals surface area contributed by atoms with Crippen LogP contribution in [0.5, 0.6) is 0 Å². The predicted octanol–water partition coefficient (Wildman–Crippen LogP) is 1.24. The van der Waals surface area contributed by atoms with Crippen molar-refractivity contribution in [3.8, 4) is 0 Å². The summed E-state index contributed by atoms with van der Waals surface area (Å²) < 4.78 is 22.2. The van der Waals surface area contributed by atoms with Gasteiger partial charge in [0.2, 0.25) is 0 Å². The van der Waals surface area contributed by atoms with Gasteiger partial charge in [-0.2, -0.15) is 0 Å². The minimum Gasteiger partial charge on any atom is -0.390 e. The summed E-state index contributed by atoms with van der Waals surface area (Å²) in [5, 5.41) is 12.3. The summed E-state index contributed by atoms with van der Waals surface area (Å²) in [6.07, 6.45) is 0.614. The van der Waals surface area contributed by atoms with E-state index < -0.39 is 15.9 Å². The molecule has 0 aromatic heterocycles. The van der Waals surface area contributed by atoms with Crippen LogP contribution in [-0.2, 0) is 15.6 Å². The molecule has 0 aliphatic carbocycles. The molecular weight excluding hydrogens is 262 g/mol. The van der Waals surface area contributed by atoms with Crippen LogP contribution >= 0.6 is 11.6 Å². The molecule has 0 saturated carbocycles. The Morgan fingerprint density at radius 2 is 1.94 bits per heavy atom. The van der Waals surface area contributed by atoms with E-state index in [9.17, 15) is 13.5 Å². The number of alkyl halides is 1. The van der Waals surface area contributed by atoms with Crippen molar-refractivity contribution in [3.05, 3.63) is 29.8 Å². The normalized spacial score (nSPS) is 13.4. The van der Waals surface area contributed by atoms with E-state index in [-0.39, 0.29) is 11.6 Å². The van der Waals surface area contributed by atoms with Gasteiger partial charge in [0, 0.05) is 18.5 Å². The summed E-state index contributed by atoms with van der Waals surface area (Å²) >= 11 is 5.46. The first-order valence-corrected chi connectivity index (χ1v) is 7.75. The van der Waals surface area contributed by atoms with Crippen LogP contribution < -0.4 is 5.32 Å². The van der Waals surface area contributed by atoms with Crippen molar-refractivity contribution >= 4 is 27.1 Å². The van der Waals surface area contributed by atoms with Gasteiger partial charge in [-0.25, -0.2) is 8.42 Å². The summed E-state index contributed by atoms with van der Waals surface area (Å²) in [6, 6.07) is 7.05. The molecular formula is C11H16ClNO3S. The van der Waals surface area contributed by atoms with E-state index in [2.05, 4.69) is 5.32 Å². The molecule has 4 nitrogen and oxygen atoms in total. The van der Waals surface area contributed by atoms with Crippen LogP contribution in [0.1, 0.15) is 5.56 Å². The molecule has 1 aromatic rings. The van der Waals surface area contributed by atoms with E-state index in [1.807, 2.05) is 0 Å². The first kappa shape index (κ1) is 14.3. The van der Waals surface area contributed by atoms with Crippen LogP contribution in [0.15, 0.2) is 24.3 Å². The Kier molecular flexibility index (Phi) is 5.24. The average Bonchev–Trinajstić information content (AvgIpc) is 2.25. The van der Waals surface area contributed by atoms with E-state index in [4.69, 9.17) is 11.6 Å². The fraction of sp³-hybridized carbons (Fsp3) is 0.455. The zero-order valence-corrected chi connectivity index (χ0v) is 11.1. The molecule has 1 aromatic carbocycles. The quantitative estimate of drug-likeness (QED) is 0.768. The maximum absolute atomic E-state index is 11.1. The number of halogens is 1.